The van der Waals surface area contributed by atoms with Gasteiger partial charge in [-0.3, -0.25) is 10.1 Å². The summed E-state index contributed by atoms with van der Waals surface area (Å²) in [5.41, 5.74) is 2.39. The molecule has 1 aromatic carbocycles. The molecule has 5 heteroatoms. The van der Waals surface area contributed by atoms with Crippen LogP contribution < -0.4 is 0 Å². The van der Waals surface area contributed by atoms with Gasteiger partial charge in [0.25, 0.3) is 0 Å². The molecule has 0 aliphatic heterocycles. The van der Waals surface area contributed by atoms with E-state index in [0.29, 0.717) is 5.76 Å². The predicted molar refractivity (Wildman–Crippen MR) is 71.9 cm³/mol. The standard InChI is InChI=1S/C13H12BrNO3/c1-9-4-2-3-5-10(9)8-11(14)12-6-7-13(18-12)15(16)17/h2-7,11H,8H2,1H3. The summed E-state index contributed by atoms with van der Waals surface area (Å²) >= 11 is 3.50. The molecule has 18 heavy (non-hydrogen) atoms. The lowest BCUT2D eigenvalue weighted by Crippen LogP contribution is -1.96. The Morgan fingerprint density at radius 1 is 1.33 bits per heavy atom. The number of benzene rings is 1. The third kappa shape index (κ3) is 2.79. The number of furan rings is 1. The number of hydrogen-bond acceptors (Lipinski definition) is 3. The van der Waals surface area contributed by atoms with Crippen LogP contribution in [0.15, 0.2) is 40.8 Å². The second-order valence-corrected chi connectivity index (χ2v) is 5.14. The third-order valence-corrected chi connectivity index (χ3v) is 3.54. The van der Waals surface area contributed by atoms with E-state index in [-0.39, 0.29) is 10.7 Å². The maximum absolute atomic E-state index is 10.5. The van der Waals surface area contributed by atoms with Crippen LogP contribution in [-0.2, 0) is 6.42 Å². The van der Waals surface area contributed by atoms with Crippen LogP contribution in [-0.4, -0.2) is 4.92 Å². The Balaban J connectivity index is 2.14. The van der Waals surface area contributed by atoms with E-state index < -0.39 is 4.92 Å². The number of nitro groups is 1. The molecule has 1 atom stereocenters. The fourth-order valence-corrected chi connectivity index (χ4v) is 2.34. The largest absolute Gasteiger partial charge is 0.433 e. The SMILES string of the molecule is Cc1ccccc1CC(Br)c1ccc([N+](=O)[O-])o1. The lowest BCUT2D eigenvalue weighted by molar-refractivity contribution is -0.402. The molecule has 1 heterocycles. The van der Waals surface area contributed by atoms with Crippen molar-refractivity contribution in [2.24, 2.45) is 0 Å². The summed E-state index contributed by atoms with van der Waals surface area (Å²) in [5, 5.41) is 10.5. The van der Waals surface area contributed by atoms with Crippen molar-refractivity contribution >= 4 is 21.8 Å². The predicted octanol–water partition coefficient (Wildman–Crippen LogP) is 4.17. The average molecular weight is 310 g/mol. The first-order chi connectivity index (χ1) is 8.58. The topological polar surface area (TPSA) is 56.3 Å². The number of nitrogens with zero attached hydrogens (tertiary/aromatic N) is 1. The summed E-state index contributed by atoms with van der Waals surface area (Å²) < 4.78 is 5.17. The molecule has 1 aromatic heterocycles. The van der Waals surface area contributed by atoms with Gasteiger partial charge < -0.3 is 4.42 Å². The molecule has 0 spiro atoms. The molecule has 0 aliphatic carbocycles. The minimum Gasteiger partial charge on any atom is -0.405 e. The Morgan fingerprint density at radius 2 is 2.06 bits per heavy atom. The third-order valence-electron chi connectivity index (χ3n) is 2.76. The molecular formula is C13H12BrNO3. The molecule has 0 saturated carbocycles. The summed E-state index contributed by atoms with van der Waals surface area (Å²) in [4.78, 5) is 9.95. The molecule has 2 rings (SSSR count). The maximum atomic E-state index is 10.5. The molecular weight excluding hydrogens is 298 g/mol. The Morgan fingerprint density at radius 3 is 2.67 bits per heavy atom. The zero-order chi connectivity index (χ0) is 13.1. The van der Waals surface area contributed by atoms with Gasteiger partial charge in [0.15, 0.2) is 0 Å². The van der Waals surface area contributed by atoms with Crippen LogP contribution in [0, 0.1) is 17.0 Å². The summed E-state index contributed by atoms with van der Waals surface area (Å²) in [6.45, 7) is 2.04. The van der Waals surface area contributed by atoms with E-state index >= 15 is 0 Å². The van der Waals surface area contributed by atoms with Gasteiger partial charge in [-0.15, -0.1) is 0 Å². The molecule has 0 saturated heterocycles. The highest BCUT2D eigenvalue weighted by Gasteiger charge is 2.18. The summed E-state index contributed by atoms with van der Waals surface area (Å²) in [6.07, 6.45) is 0.733. The molecule has 0 bridgehead atoms. The van der Waals surface area contributed by atoms with Crippen molar-refractivity contribution in [3.05, 3.63) is 63.4 Å². The fourth-order valence-electron chi connectivity index (χ4n) is 1.74. The van der Waals surface area contributed by atoms with Crippen LogP contribution in [0.1, 0.15) is 21.7 Å². The van der Waals surface area contributed by atoms with Gasteiger partial charge in [0.2, 0.25) is 0 Å². The summed E-state index contributed by atoms with van der Waals surface area (Å²) in [5.74, 6) is 0.351. The zero-order valence-corrected chi connectivity index (χ0v) is 11.4. The first-order valence-electron chi connectivity index (χ1n) is 5.50. The maximum Gasteiger partial charge on any atom is 0.433 e. The van der Waals surface area contributed by atoms with E-state index in [1.165, 1.54) is 17.2 Å². The van der Waals surface area contributed by atoms with E-state index in [0.717, 1.165) is 6.42 Å². The van der Waals surface area contributed by atoms with E-state index in [1.807, 2.05) is 31.2 Å². The molecule has 1 unspecified atom stereocenters. The summed E-state index contributed by atoms with van der Waals surface area (Å²) in [7, 11) is 0. The van der Waals surface area contributed by atoms with E-state index in [2.05, 4.69) is 15.9 Å². The normalized spacial score (nSPS) is 12.3. The molecule has 0 aliphatic rings. The van der Waals surface area contributed by atoms with Gasteiger partial charge in [0.1, 0.15) is 10.7 Å². The highest BCUT2D eigenvalue weighted by molar-refractivity contribution is 9.09. The molecule has 0 radical (unpaired) electrons. The van der Waals surface area contributed by atoms with Crippen molar-refractivity contribution in [1.29, 1.82) is 0 Å². The second-order valence-electron chi connectivity index (χ2n) is 4.03. The lowest BCUT2D eigenvalue weighted by atomic mass is 10.0. The fraction of sp³-hybridized carbons (Fsp3) is 0.231. The number of hydrogen-bond donors (Lipinski definition) is 0. The van der Waals surface area contributed by atoms with Crippen molar-refractivity contribution in [1.82, 2.24) is 0 Å². The quantitative estimate of drug-likeness (QED) is 0.484. The van der Waals surface area contributed by atoms with Gasteiger partial charge >= 0.3 is 5.88 Å². The van der Waals surface area contributed by atoms with Gasteiger partial charge in [-0.1, -0.05) is 40.2 Å². The van der Waals surface area contributed by atoms with Crippen LogP contribution in [0.3, 0.4) is 0 Å². The average Bonchev–Trinajstić information content (AvgIpc) is 2.81. The first-order valence-corrected chi connectivity index (χ1v) is 6.42. The summed E-state index contributed by atoms with van der Waals surface area (Å²) in [6, 6.07) is 11.1. The van der Waals surface area contributed by atoms with Gasteiger partial charge in [0.05, 0.1) is 10.9 Å². The van der Waals surface area contributed by atoms with Crippen molar-refractivity contribution in [3.8, 4) is 0 Å². The van der Waals surface area contributed by atoms with E-state index in [9.17, 15) is 10.1 Å². The minimum absolute atomic E-state index is 0.0627. The molecule has 94 valence electrons. The van der Waals surface area contributed by atoms with E-state index in [1.54, 1.807) is 6.07 Å². The van der Waals surface area contributed by atoms with Crippen molar-refractivity contribution in [3.63, 3.8) is 0 Å². The van der Waals surface area contributed by atoms with Crippen LogP contribution in [0.4, 0.5) is 5.88 Å². The van der Waals surface area contributed by atoms with Crippen molar-refractivity contribution in [2.45, 2.75) is 18.2 Å². The van der Waals surface area contributed by atoms with Crippen molar-refractivity contribution < 1.29 is 9.34 Å². The Labute approximate surface area is 113 Å². The smallest absolute Gasteiger partial charge is 0.405 e. The molecule has 0 N–H and O–H groups in total. The Kier molecular flexibility index (Phi) is 3.81. The number of aryl methyl sites for hydroxylation is 1. The number of rotatable bonds is 4. The monoisotopic (exact) mass is 309 g/mol. The van der Waals surface area contributed by atoms with E-state index in [4.69, 9.17) is 4.42 Å². The van der Waals surface area contributed by atoms with Crippen molar-refractivity contribution in [2.75, 3.05) is 0 Å². The van der Waals surface area contributed by atoms with Crippen LogP contribution in [0.2, 0.25) is 0 Å². The molecule has 2 aromatic rings. The lowest BCUT2D eigenvalue weighted by Gasteiger charge is -2.09. The van der Waals surface area contributed by atoms with Gasteiger partial charge in [-0.05, 0) is 30.5 Å². The van der Waals surface area contributed by atoms with Crippen LogP contribution in [0.5, 0.6) is 0 Å². The second kappa shape index (κ2) is 5.35. The molecule has 4 nitrogen and oxygen atoms in total. The van der Waals surface area contributed by atoms with Gasteiger partial charge in [-0.25, -0.2) is 0 Å². The van der Waals surface area contributed by atoms with Gasteiger partial charge in [0, 0.05) is 0 Å². The number of halogens is 1. The highest BCUT2D eigenvalue weighted by Crippen LogP contribution is 2.31. The highest BCUT2D eigenvalue weighted by atomic mass is 79.9. The van der Waals surface area contributed by atoms with Gasteiger partial charge in [-0.2, -0.15) is 0 Å². The number of alkyl halides is 1. The molecule has 0 amide bonds. The minimum atomic E-state index is -0.531. The van der Waals surface area contributed by atoms with Crippen LogP contribution >= 0.6 is 15.9 Å². The Bertz CT molecular complexity index is 565. The van der Waals surface area contributed by atoms with Crippen LogP contribution in [0.25, 0.3) is 0 Å². The zero-order valence-electron chi connectivity index (χ0n) is 9.80. The first kappa shape index (κ1) is 12.8. The Hall–Kier alpha value is -1.62. The molecule has 0 fully saturated rings.